The van der Waals surface area contributed by atoms with Crippen LogP contribution in [0.25, 0.3) is 0 Å². The van der Waals surface area contributed by atoms with Gasteiger partial charge in [0.1, 0.15) is 5.75 Å². The van der Waals surface area contributed by atoms with Crippen LogP contribution < -0.4 is 4.74 Å². The molecule has 138 valence electrons. The van der Waals surface area contributed by atoms with Crippen LogP contribution in [0.15, 0.2) is 48.5 Å². The van der Waals surface area contributed by atoms with Crippen molar-refractivity contribution in [1.82, 2.24) is 0 Å². The van der Waals surface area contributed by atoms with Crippen molar-refractivity contribution in [2.75, 3.05) is 6.61 Å². The second-order valence-electron chi connectivity index (χ2n) is 5.88. The van der Waals surface area contributed by atoms with Gasteiger partial charge in [-0.25, -0.2) is 4.79 Å². The third-order valence-electron chi connectivity index (χ3n) is 3.97. The Hall–Kier alpha value is -2.33. The third-order valence-corrected chi connectivity index (χ3v) is 4.21. The zero-order valence-corrected chi connectivity index (χ0v) is 15.8. The molecule has 0 aliphatic carbocycles. The molecular formula is C21H23ClO4. The highest BCUT2D eigenvalue weighted by molar-refractivity contribution is 6.30. The van der Waals surface area contributed by atoms with Gasteiger partial charge >= 0.3 is 11.9 Å². The summed E-state index contributed by atoms with van der Waals surface area (Å²) in [5, 5.41) is 0.458. The van der Waals surface area contributed by atoms with E-state index in [1.54, 1.807) is 49.4 Å². The van der Waals surface area contributed by atoms with Crippen LogP contribution in [0, 0.1) is 0 Å². The van der Waals surface area contributed by atoms with Crippen LogP contribution in [0.1, 0.15) is 54.9 Å². The first-order valence-electron chi connectivity index (χ1n) is 8.80. The maximum atomic E-state index is 12.5. The van der Waals surface area contributed by atoms with E-state index in [1.165, 1.54) is 0 Å². The van der Waals surface area contributed by atoms with Crippen molar-refractivity contribution in [2.45, 2.75) is 39.0 Å². The first kappa shape index (κ1) is 20.0. The lowest BCUT2D eigenvalue weighted by molar-refractivity contribution is -0.145. The lowest BCUT2D eigenvalue weighted by Gasteiger charge is -2.18. The number of rotatable bonds is 8. The number of unbranched alkanes of at least 4 members (excludes halogenated alkanes) is 1. The molecule has 2 aromatic rings. The van der Waals surface area contributed by atoms with Gasteiger partial charge < -0.3 is 9.47 Å². The van der Waals surface area contributed by atoms with Gasteiger partial charge in [-0.05, 0) is 37.6 Å². The summed E-state index contributed by atoms with van der Waals surface area (Å²) in [6.45, 7) is 4.15. The standard InChI is InChI=1S/C21H23ClO4/c1-3-5-11-18(21(24)25-4-2)17-12-6-7-13-19(17)26-20(23)15-9-8-10-16(22)14-15/h6-10,12-14,18H,3-5,11H2,1-2H3. The van der Waals surface area contributed by atoms with Crippen molar-refractivity contribution in [3.05, 3.63) is 64.7 Å². The van der Waals surface area contributed by atoms with Gasteiger partial charge in [-0.15, -0.1) is 0 Å². The van der Waals surface area contributed by atoms with Gasteiger partial charge in [-0.2, -0.15) is 0 Å². The minimum atomic E-state index is -0.516. The van der Waals surface area contributed by atoms with Crippen molar-refractivity contribution in [3.8, 4) is 5.75 Å². The van der Waals surface area contributed by atoms with E-state index < -0.39 is 11.9 Å². The molecule has 2 rings (SSSR count). The summed E-state index contributed by atoms with van der Waals surface area (Å²) in [6.07, 6.45) is 2.47. The van der Waals surface area contributed by atoms with E-state index >= 15 is 0 Å². The molecule has 0 aliphatic rings. The molecule has 0 aromatic heterocycles. The lowest BCUT2D eigenvalue weighted by Crippen LogP contribution is -2.18. The second kappa shape index (κ2) is 9.97. The molecule has 0 bridgehead atoms. The predicted octanol–water partition coefficient (Wildman–Crippen LogP) is 5.40. The van der Waals surface area contributed by atoms with Crippen LogP contribution in [0.5, 0.6) is 5.75 Å². The molecule has 0 amide bonds. The Labute approximate surface area is 159 Å². The van der Waals surface area contributed by atoms with Crippen molar-refractivity contribution >= 4 is 23.5 Å². The van der Waals surface area contributed by atoms with Crippen molar-refractivity contribution in [1.29, 1.82) is 0 Å². The Morgan fingerprint density at radius 1 is 1.08 bits per heavy atom. The quantitative estimate of drug-likeness (QED) is 0.458. The van der Waals surface area contributed by atoms with E-state index in [9.17, 15) is 9.59 Å². The largest absolute Gasteiger partial charge is 0.466 e. The summed E-state index contributed by atoms with van der Waals surface area (Å²) in [5.41, 5.74) is 1.02. The molecule has 0 aliphatic heterocycles. The van der Waals surface area contributed by atoms with Gasteiger partial charge in [0.15, 0.2) is 0 Å². The number of para-hydroxylation sites is 1. The fourth-order valence-electron chi connectivity index (χ4n) is 2.69. The summed E-state index contributed by atoms with van der Waals surface area (Å²) in [7, 11) is 0. The Bertz CT molecular complexity index is 757. The molecule has 1 unspecified atom stereocenters. The Morgan fingerprint density at radius 2 is 1.85 bits per heavy atom. The predicted molar refractivity (Wildman–Crippen MR) is 102 cm³/mol. The first-order valence-corrected chi connectivity index (χ1v) is 9.17. The molecule has 0 fully saturated rings. The van der Waals surface area contributed by atoms with E-state index in [-0.39, 0.29) is 5.97 Å². The molecule has 5 heteroatoms. The van der Waals surface area contributed by atoms with Gasteiger partial charge in [0, 0.05) is 10.6 Å². The summed E-state index contributed by atoms with van der Waals surface area (Å²) in [6, 6.07) is 13.6. The molecule has 0 heterocycles. The SMILES string of the molecule is CCCCC(C(=O)OCC)c1ccccc1OC(=O)c1cccc(Cl)c1. The molecule has 0 spiro atoms. The smallest absolute Gasteiger partial charge is 0.343 e. The molecule has 4 nitrogen and oxygen atoms in total. The molecule has 0 saturated heterocycles. The van der Waals surface area contributed by atoms with E-state index in [2.05, 4.69) is 6.92 Å². The Kier molecular flexibility index (Phi) is 7.67. The number of esters is 2. The molecule has 1 atom stereocenters. The van der Waals surface area contributed by atoms with Crippen LogP contribution in [0.2, 0.25) is 5.02 Å². The fourth-order valence-corrected chi connectivity index (χ4v) is 2.88. The summed E-state index contributed by atoms with van der Waals surface area (Å²) < 4.78 is 10.8. The number of halogens is 1. The number of hydrogen-bond acceptors (Lipinski definition) is 4. The van der Waals surface area contributed by atoms with Gasteiger partial charge in [0.25, 0.3) is 0 Å². The third kappa shape index (κ3) is 5.33. The number of carbonyl (C=O) groups is 2. The average molecular weight is 375 g/mol. The van der Waals surface area contributed by atoms with Gasteiger partial charge in [-0.1, -0.05) is 55.6 Å². The highest BCUT2D eigenvalue weighted by Gasteiger charge is 2.25. The number of carbonyl (C=O) groups excluding carboxylic acids is 2. The molecule has 26 heavy (non-hydrogen) atoms. The van der Waals surface area contributed by atoms with Gasteiger partial charge in [0.05, 0.1) is 18.1 Å². The Morgan fingerprint density at radius 3 is 2.54 bits per heavy atom. The minimum absolute atomic E-state index is 0.299. The van der Waals surface area contributed by atoms with Crippen LogP contribution in [0.3, 0.4) is 0 Å². The minimum Gasteiger partial charge on any atom is -0.466 e. The van der Waals surface area contributed by atoms with E-state index in [0.29, 0.717) is 34.9 Å². The van der Waals surface area contributed by atoms with Crippen LogP contribution >= 0.6 is 11.6 Å². The molecule has 0 radical (unpaired) electrons. The van der Waals surface area contributed by atoms with Gasteiger partial charge in [-0.3, -0.25) is 4.79 Å². The first-order chi connectivity index (χ1) is 12.6. The number of benzene rings is 2. The molecular weight excluding hydrogens is 352 g/mol. The van der Waals surface area contributed by atoms with Crippen molar-refractivity contribution in [3.63, 3.8) is 0 Å². The average Bonchev–Trinajstić information content (AvgIpc) is 2.63. The van der Waals surface area contributed by atoms with Crippen LogP contribution in [-0.4, -0.2) is 18.5 Å². The fraction of sp³-hybridized carbons (Fsp3) is 0.333. The topological polar surface area (TPSA) is 52.6 Å². The molecule has 0 saturated carbocycles. The van der Waals surface area contributed by atoms with Crippen LogP contribution in [0.4, 0.5) is 0 Å². The molecule has 2 aromatic carbocycles. The summed E-state index contributed by atoms with van der Waals surface area (Å²) in [5.74, 6) is -0.907. The Balaban J connectivity index is 2.29. The molecule has 0 N–H and O–H groups in total. The lowest BCUT2D eigenvalue weighted by atomic mass is 9.93. The summed E-state index contributed by atoms with van der Waals surface area (Å²) in [4.78, 5) is 24.9. The maximum absolute atomic E-state index is 12.5. The highest BCUT2D eigenvalue weighted by atomic mass is 35.5. The van der Waals surface area contributed by atoms with Crippen LogP contribution in [-0.2, 0) is 9.53 Å². The van der Waals surface area contributed by atoms with E-state index in [0.717, 1.165) is 12.8 Å². The highest BCUT2D eigenvalue weighted by Crippen LogP contribution is 2.32. The second-order valence-corrected chi connectivity index (χ2v) is 6.32. The maximum Gasteiger partial charge on any atom is 0.343 e. The zero-order chi connectivity index (χ0) is 18.9. The number of hydrogen-bond donors (Lipinski definition) is 0. The van der Waals surface area contributed by atoms with Gasteiger partial charge in [0.2, 0.25) is 0 Å². The summed E-state index contributed by atoms with van der Waals surface area (Å²) >= 11 is 5.94. The van der Waals surface area contributed by atoms with Crippen molar-refractivity contribution < 1.29 is 19.1 Å². The number of ether oxygens (including phenoxy) is 2. The van der Waals surface area contributed by atoms with E-state index in [1.807, 2.05) is 6.07 Å². The zero-order valence-electron chi connectivity index (χ0n) is 15.0. The normalized spacial score (nSPS) is 11.7. The van der Waals surface area contributed by atoms with E-state index in [4.69, 9.17) is 21.1 Å². The van der Waals surface area contributed by atoms with Crippen molar-refractivity contribution in [2.24, 2.45) is 0 Å². The monoisotopic (exact) mass is 374 g/mol.